The van der Waals surface area contributed by atoms with Crippen molar-refractivity contribution in [3.63, 3.8) is 0 Å². The van der Waals surface area contributed by atoms with Crippen LogP contribution >= 0.6 is 22.6 Å². The molecule has 0 saturated carbocycles. The average Bonchev–Trinajstić information content (AvgIpc) is 2.26. The molecule has 0 fully saturated rings. The molecule has 0 heterocycles. The van der Waals surface area contributed by atoms with E-state index in [1.807, 2.05) is 22.6 Å². The second-order valence-corrected chi connectivity index (χ2v) is 4.87. The number of nitrogens with zero attached hydrogens (tertiary/aromatic N) is 1. The fourth-order valence-corrected chi connectivity index (χ4v) is 2.24. The third kappa shape index (κ3) is 3.37. The van der Waals surface area contributed by atoms with Crippen LogP contribution in [0.25, 0.3) is 0 Å². The Morgan fingerprint density at radius 3 is 2.21 bits per heavy atom. The smallest absolute Gasteiger partial charge is 0.282 e. The number of benzene rings is 2. The molecule has 19 heavy (non-hydrogen) atoms. The molecular weight excluding hydrogens is 369 g/mol. The number of hydrogen-bond donors (Lipinski definition) is 1. The molecule has 2 aromatic rings. The SMILES string of the molecule is O=[N+]([O-])c1ccc(Nc2cc(F)cc(F)c2)cc1I. The number of halogens is 3. The zero-order chi connectivity index (χ0) is 14.0. The van der Waals surface area contributed by atoms with E-state index in [1.165, 1.54) is 18.2 Å². The molecule has 0 saturated heterocycles. The van der Waals surface area contributed by atoms with Gasteiger partial charge in [0.05, 0.1) is 8.49 Å². The lowest BCUT2D eigenvalue weighted by molar-refractivity contribution is -0.385. The molecule has 0 atom stereocenters. The van der Waals surface area contributed by atoms with Crippen LogP contribution in [0.3, 0.4) is 0 Å². The third-order valence-corrected chi connectivity index (χ3v) is 3.16. The van der Waals surface area contributed by atoms with Crippen molar-refractivity contribution in [1.29, 1.82) is 0 Å². The first-order valence-corrected chi connectivity index (χ1v) is 6.20. The predicted octanol–water partition coefficient (Wildman–Crippen LogP) is 4.22. The van der Waals surface area contributed by atoms with Crippen molar-refractivity contribution >= 4 is 39.7 Å². The Morgan fingerprint density at radius 1 is 1.05 bits per heavy atom. The molecule has 0 bridgehead atoms. The predicted molar refractivity (Wildman–Crippen MR) is 75.5 cm³/mol. The molecule has 0 spiro atoms. The maximum atomic E-state index is 13.0. The number of nitrogens with one attached hydrogen (secondary N) is 1. The lowest BCUT2D eigenvalue weighted by atomic mass is 10.2. The summed E-state index contributed by atoms with van der Waals surface area (Å²) in [4.78, 5) is 10.2. The van der Waals surface area contributed by atoms with E-state index >= 15 is 0 Å². The van der Waals surface area contributed by atoms with Crippen molar-refractivity contribution < 1.29 is 13.7 Å². The summed E-state index contributed by atoms with van der Waals surface area (Å²) in [5, 5.41) is 13.4. The first-order chi connectivity index (χ1) is 8.95. The van der Waals surface area contributed by atoms with Gasteiger partial charge < -0.3 is 5.32 Å². The van der Waals surface area contributed by atoms with Gasteiger partial charge in [0.25, 0.3) is 5.69 Å². The van der Waals surface area contributed by atoms with Crippen molar-refractivity contribution in [2.24, 2.45) is 0 Å². The zero-order valence-electron chi connectivity index (χ0n) is 9.36. The number of hydrogen-bond acceptors (Lipinski definition) is 3. The van der Waals surface area contributed by atoms with Crippen LogP contribution in [0.2, 0.25) is 0 Å². The van der Waals surface area contributed by atoms with Crippen molar-refractivity contribution in [2.75, 3.05) is 5.32 Å². The summed E-state index contributed by atoms with van der Waals surface area (Å²) in [5.41, 5.74) is 0.735. The van der Waals surface area contributed by atoms with Gasteiger partial charge in [0.1, 0.15) is 11.6 Å². The van der Waals surface area contributed by atoms with Gasteiger partial charge in [0, 0.05) is 23.5 Å². The quantitative estimate of drug-likeness (QED) is 0.496. The molecule has 1 N–H and O–H groups in total. The Morgan fingerprint density at radius 2 is 1.68 bits per heavy atom. The first-order valence-electron chi connectivity index (χ1n) is 5.13. The lowest BCUT2D eigenvalue weighted by Crippen LogP contribution is -1.95. The van der Waals surface area contributed by atoms with Gasteiger partial charge in [0.15, 0.2) is 0 Å². The number of nitro groups is 1. The number of anilines is 2. The summed E-state index contributed by atoms with van der Waals surface area (Å²) in [6, 6.07) is 7.38. The number of rotatable bonds is 3. The fourth-order valence-electron chi connectivity index (χ4n) is 1.53. The minimum Gasteiger partial charge on any atom is -0.355 e. The molecular formula is C12H7F2IN2O2. The second-order valence-electron chi connectivity index (χ2n) is 3.71. The van der Waals surface area contributed by atoms with Crippen molar-refractivity contribution in [3.8, 4) is 0 Å². The van der Waals surface area contributed by atoms with Crippen molar-refractivity contribution in [2.45, 2.75) is 0 Å². The molecule has 0 amide bonds. The molecule has 0 aliphatic carbocycles. The van der Waals surface area contributed by atoms with Gasteiger partial charge in [-0.25, -0.2) is 8.78 Å². The summed E-state index contributed by atoms with van der Waals surface area (Å²) in [5.74, 6) is -1.39. The minimum absolute atomic E-state index is 0.0171. The van der Waals surface area contributed by atoms with Gasteiger partial charge in [-0.3, -0.25) is 10.1 Å². The van der Waals surface area contributed by atoms with Crippen molar-refractivity contribution in [1.82, 2.24) is 0 Å². The van der Waals surface area contributed by atoms with Crippen LogP contribution in [-0.4, -0.2) is 4.92 Å². The van der Waals surface area contributed by atoms with E-state index in [2.05, 4.69) is 5.32 Å². The van der Waals surface area contributed by atoms with Gasteiger partial charge in [-0.1, -0.05) is 0 Å². The van der Waals surface area contributed by atoms with E-state index in [9.17, 15) is 18.9 Å². The zero-order valence-corrected chi connectivity index (χ0v) is 11.5. The Hall–Kier alpha value is -1.77. The van der Waals surface area contributed by atoms with Gasteiger partial charge >= 0.3 is 0 Å². The van der Waals surface area contributed by atoms with E-state index < -0.39 is 16.6 Å². The summed E-state index contributed by atoms with van der Waals surface area (Å²) in [7, 11) is 0. The second kappa shape index (κ2) is 5.47. The standard InChI is InChI=1S/C12H7F2IN2O2/c13-7-3-8(14)5-10(4-7)16-9-1-2-12(17(18)19)11(15)6-9/h1-6,16H. The van der Waals surface area contributed by atoms with Gasteiger partial charge in [-0.2, -0.15) is 0 Å². The maximum absolute atomic E-state index is 13.0. The van der Waals surface area contributed by atoms with Crippen molar-refractivity contribution in [3.05, 3.63) is 61.7 Å². The molecule has 4 nitrogen and oxygen atoms in total. The highest BCUT2D eigenvalue weighted by atomic mass is 127. The monoisotopic (exact) mass is 376 g/mol. The van der Waals surface area contributed by atoms with E-state index in [0.29, 0.717) is 9.26 Å². The summed E-state index contributed by atoms with van der Waals surface area (Å²) >= 11 is 1.83. The largest absolute Gasteiger partial charge is 0.355 e. The van der Waals surface area contributed by atoms with Gasteiger partial charge in [-0.05, 0) is 46.9 Å². The Labute approximate surface area is 120 Å². The Kier molecular flexibility index (Phi) is 3.93. The Balaban J connectivity index is 2.28. The van der Waals surface area contributed by atoms with Crippen LogP contribution in [0.15, 0.2) is 36.4 Å². The van der Waals surface area contributed by atoms with Crippen LogP contribution in [-0.2, 0) is 0 Å². The van der Waals surface area contributed by atoms with E-state index in [4.69, 9.17) is 0 Å². The van der Waals surface area contributed by atoms with Crippen LogP contribution < -0.4 is 5.32 Å². The molecule has 0 aromatic heterocycles. The third-order valence-electron chi connectivity index (χ3n) is 2.30. The summed E-state index contributed by atoms with van der Waals surface area (Å²) in [6.45, 7) is 0. The highest BCUT2D eigenvalue weighted by Crippen LogP contribution is 2.26. The van der Waals surface area contributed by atoms with E-state index in [-0.39, 0.29) is 11.4 Å². The van der Waals surface area contributed by atoms with Crippen LogP contribution in [0.1, 0.15) is 0 Å². The van der Waals surface area contributed by atoms with E-state index in [0.717, 1.165) is 18.2 Å². The highest BCUT2D eigenvalue weighted by Gasteiger charge is 2.11. The topological polar surface area (TPSA) is 55.2 Å². The first kappa shape index (κ1) is 13.7. The summed E-state index contributed by atoms with van der Waals surface area (Å²) < 4.78 is 26.5. The molecule has 2 rings (SSSR count). The molecule has 0 unspecified atom stereocenters. The normalized spacial score (nSPS) is 10.3. The molecule has 98 valence electrons. The average molecular weight is 376 g/mol. The van der Waals surface area contributed by atoms with E-state index in [1.54, 1.807) is 0 Å². The highest BCUT2D eigenvalue weighted by molar-refractivity contribution is 14.1. The Bertz CT molecular complexity index is 629. The van der Waals surface area contributed by atoms with Crippen LogP contribution in [0, 0.1) is 25.3 Å². The van der Waals surface area contributed by atoms with Crippen LogP contribution in [0.4, 0.5) is 25.8 Å². The molecule has 7 heteroatoms. The molecule has 0 aliphatic rings. The minimum atomic E-state index is -0.695. The number of nitro benzene ring substituents is 1. The maximum Gasteiger partial charge on any atom is 0.282 e. The fraction of sp³-hybridized carbons (Fsp3) is 0. The van der Waals surface area contributed by atoms with Crippen LogP contribution in [0.5, 0.6) is 0 Å². The van der Waals surface area contributed by atoms with Gasteiger partial charge in [-0.15, -0.1) is 0 Å². The molecule has 0 aliphatic heterocycles. The summed E-state index contributed by atoms with van der Waals surface area (Å²) in [6.07, 6.45) is 0. The molecule has 0 radical (unpaired) electrons. The molecule has 2 aromatic carbocycles. The lowest BCUT2D eigenvalue weighted by Gasteiger charge is -2.07. The van der Waals surface area contributed by atoms with Gasteiger partial charge in [0.2, 0.25) is 0 Å².